The number of ether oxygens (including phenoxy) is 1. The second-order valence-corrected chi connectivity index (χ2v) is 5.85. The minimum absolute atomic E-state index is 0.0837. The van der Waals surface area contributed by atoms with Crippen molar-refractivity contribution in [3.05, 3.63) is 12.2 Å². The summed E-state index contributed by atoms with van der Waals surface area (Å²) in [6, 6.07) is 0. The summed E-state index contributed by atoms with van der Waals surface area (Å²) in [6.07, 6.45) is -3.53. The van der Waals surface area contributed by atoms with E-state index in [1.807, 2.05) is 0 Å². The zero-order valence-electron chi connectivity index (χ0n) is 14.5. The monoisotopic (exact) mass is 376 g/mol. The molecule has 0 bridgehead atoms. The molecule has 27 heavy (non-hydrogen) atoms. The third-order valence-corrected chi connectivity index (χ3v) is 4.01. The van der Waals surface area contributed by atoms with Gasteiger partial charge < -0.3 is 31.1 Å². The molecule has 6 N–H and O–H groups in total. The number of carbonyl (C=O) groups excluding carboxylic acids is 1. The van der Waals surface area contributed by atoms with E-state index >= 15 is 0 Å². The molecule has 2 aromatic rings. The Morgan fingerprint density at radius 1 is 1.41 bits per heavy atom. The highest BCUT2D eigenvalue weighted by Crippen LogP contribution is 2.32. The zero-order valence-corrected chi connectivity index (χ0v) is 14.5. The summed E-state index contributed by atoms with van der Waals surface area (Å²) in [7, 11) is 0. The van der Waals surface area contributed by atoms with Crippen LogP contribution in [0, 0.1) is 11.8 Å². The molecule has 0 unspecified atom stereocenters. The zero-order chi connectivity index (χ0) is 19.6. The van der Waals surface area contributed by atoms with Crippen LogP contribution in [-0.2, 0) is 9.53 Å². The molecule has 0 aromatic carbocycles. The number of imidazole rings is 1. The molecule has 11 nitrogen and oxygen atoms in total. The van der Waals surface area contributed by atoms with Crippen LogP contribution in [0.3, 0.4) is 0 Å². The number of amides is 1. The maximum Gasteiger partial charge on any atom is 0.252 e. The molecule has 144 valence electrons. The van der Waals surface area contributed by atoms with E-state index in [1.54, 1.807) is 6.92 Å². The van der Waals surface area contributed by atoms with Crippen LogP contribution < -0.4 is 11.1 Å². The Kier molecular flexibility index (Phi) is 5.52. The molecule has 1 aliphatic rings. The summed E-state index contributed by atoms with van der Waals surface area (Å²) in [4.78, 5) is 24.4. The normalized spacial score (nSPS) is 24.6. The van der Waals surface area contributed by atoms with E-state index < -0.39 is 30.4 Å². The van der Waals surface area contributed by atoms with Crippen molar-refractivity contribution in [3.8, 4) is 11.8 Å². The topological polar surface area (TPSA) is 169 Å². The molecule has 0 saturated carbocycles. The summed E-state index contributed by atoms with van der Waals surface area (Å²) in [5.74, 6) is 5.04. The van der Waals surface area contributed by atoms with Gasteiger partial charge in [-0.2, -0.15) is 0 Å². The first kappa shape index (κ1) is 19.0. The third kappa shape index (κ3) is 3.56. The number of likely N-dealkylation sites (N-methyl/N-ethyl adjacent to an activating group) is 1. The molecular weight excluding hydrogens is 356 g/mol. The standard InChI is InChI=1S/C16H20N6O5/c1-2-18-15(26)12-10(24)11(25)16(27-12)22-7-19-9-13(17)20-8(21-14(9)22)5-3-4-6-23/h7,10-12,16,23-25H,2,4,6H2,1H3,(H,18,26)(H2,17,20,21)/t10-,11+,12-,16+/m0/s1. The van der Waals surface area contributed by atoms with E-state index in [0.717, 1.165) is 0 Å². The molecule has 1 saturated heterocycles. The molecule has 0 radical (unpaired) electrons. The lowest BCUT2D eigenvalue weighted by Crippen LogP contribution is -2.42. The van der Waals surface area contributed by atoms with E-state index in [9.17, 15) is 15.0 Å². The van der Waals surface area contributed by atoms with Gasteiger partial charge >= 0.3 is 0 Å². The molecule has 1 aliphatic heterocycles. The number of nitrogen functional groups attached to an aromatic ring is 1. The van der Waals surface area contributed by atoms with Gasteiger partial charge in [0.15, 0.2) is 23.8 Å². The number of hydrogen-bond acceptors (Lipinski definition) is 9. The lowest BCUT2D eigenvalue weighted by molar-refractivity contribution is -0.137. The number of rotatable bonds is 4. The summed E-state index contributed by atoms with van der Waals surface area (Å²) in [6.45, 7) is 2.00. The number of carbonyl (C=O) groups is 1. The number of anilines is 1. The Balaban J connectivity index is 1.97. The molecule has 1 fully saturated rings. The van der Waals surface area contributed by atoms with E-state index in [0.29, 0.717) is 6.54 Å². The number of aliphatic hydroxyl groups is 3. The maximum absolute atomic E-state index is 12.0. The quantitative estimate of drug-likeness (QED) is 0.375. The fourth-order valence-electron chi connectivity index (χ4n) is 2.76. The lowest BCUT2D eigenvalue weighted by Gasteiger charge is -2.16. The van der Waals surface area contributed by atoms with Gasteiger partial charge in [-0.1, -0.05) is 5.92 Å². The molecule has 11 heteroatoms. The number of aliphatic hydroxyl groups excluding tert-OH is 3. The van der Waals surface area contributed by atoms with Crippen molar-refractivity contribution in [2.24, 2.45) is 0 Å². The van der Waals surface area contributed by atoms with Gasteiger partial charge in [-0.3, -0.25) is 9.36 Å². The van der Waals surface area contributed by atoms with Crippen LogP contribution in [0.15, 0.2) is 6.33 Å². The highest BCUT2D eigenvalue weighted by Gasteiger charge is 2.47. The van der Waals surface area contributed by atoms with E-state index in [4.69, 9.17) is 15.6 Å². The highest BCUT2D eigenvalue weighted by molar-refractivity contribution is 5.83. The van der Waals surface area contributed by atoms with Gasteiger partial charge in [0.2, 0.25) is 5.82 Å². The largest absolute Gasteiger partial charge is 0.395 e. The fourth-order valence-corrected chi connectivity index (χ4v) is 2.76. The maximum atomic E-state index is 12.0. The number of fused-ring (bicyclic) bond motifs is 1. The first-order valence-electron chi connectivity index (χ1n) is 8.37. The van der Waals surface area contributed by atoms with Crippen LogP contribution in [0.5, 0.6) is 0 Å². The molecule has 3 heterocycles. The van der Waals surface area contributed by atoms with Crippen LogP contribution in [0.4, 0.5) is 5.82 Å². The number of aromatic nitrogens is 4. The van der Waals surface area contributed by atoms with Gasteiger partial charge in [-0.15, -0.1) is 0 Å². The Morgan fingerprint density at radius 2 is 2.19 bits per heavy atom. The van der Waals surface area contributed by atoms with Crippen LogP contribution in [0.2, 0.25) is 0 Å². The fraction of sp³-hybridized carbons (Fsp3) is 0.500. The smallest absolute Gasteiger partial charge is 0.252 e. The van der Waals surface area contributed by atoms with Gasteiger partial charge in [0.05, 0.1) is 12.9 Å². The van der Waals surface area contributed by atoms with Crippen LogP contribution in [-0.4, -0.2) is 72.2 Å². The van der Waals surface area contributed by atoms with Crippen molar-refractivity contribution in [1.29, 1.82) is 0 Å². The second-order valence-electron chi connectivity index (χ2n) is 5.85. The van der Waals surface area contributed by atoms with Gasteiger partial charge in [-0.25, -0.2) is 15.0 Å². The first-order chi connectivity index (χ1) is 13.0. The predicted octanol–water partition coefficient (Wildman–Crippen LogP) is -2.10. The van der Waals surface area contributed by atoms with Crippen molar-refractivity contribution >= 4 is 22.9 Å². The van der Waals surface area contributed by atoms with Crippen molar-refractivity contribution in [2.45, 2.75) is 37.9 Å². The van der Waals surface area contributed by atoms with E-state index in [1.165, 1.54) is 10.9 Å². The summed E-state index contributed by atoms with van der Waals surface area (Å²) in [5, 5.41) is 31.9. The van der Waals surface area contributed by atoms with Crippen LogP contribution >= 0.6 is 0 Å². The van der Waals surface area contributed by atoms with Crippen molar-refractivity contribution in [2.75, 3.05) is 18.9 Å². The van der Waals surface area contributed by atoms with Crippen LogP contribution in [0.25, 0.3) is 11.2 Å². The lowest BCUT2D eigenvalue weighted by atomic mass is 10.1. The van der Waals surface area contributed by atoms with Gasteiger partial charge in [0.1, 0.15) is 17.7 Å². The van der Waals surface area contributed by atoms with Gasteiger partial charge in [0, 0.05) is 13.0 Å². The molecule has 4 atom stereocenters. The summed E-state index contributed by atoms with van der Waals surface area (Å²) >= 11 is 0. The van der Waals surface area contributed by atoms with Crippen LogP contribution in [0.1, 0.15) is 25.4 Å². The van der Waals surface area contributed by atoms with Crippen molar-refractivity contribution < 1.29 is 24.9 Å². The Bertz CT molecular complexity index is 904. The van der Waals surface area contributed by atoms with Crippen molar-refractivity contribution in [3.63, 3.8) is 0 Å². The molecule has 1 amide bonds. The summed E-state index contributed by atoms with van der Waals surface area (Å²) in [5.41, 5.74) is 6.40. The number of nitrogens with one attached hydrogen (secondary N) is 1. The minimum atomic E-state index is -1.41. The highest BCUT2D eigenvalue weighted by atomic mass is 16.6. The number of hydrogen-bond donors (Lipinski definition) is 5. The Morgan fingerprint density at radius 3 is 2.89 bits per heavy atom. The molecular formula is C16H20N6O5. The molecule has 3 rings (SSSR count). The Labute approximate surface area is 154 Å². The molecule has 0 spiro atoms. The van der Waals surface area contributed by atoms with Gasteiger partial charge in [0.25, 0.3) is 5.91 Å². The average Bonchev–Trinajstić information content (AvgIpc) is 3.18. The minimum Gasteiger partial charge on any atom is -0.395 e. The Hall–Kier alpha value is -2.78. The SMILES string of the molecule is CCNC(=O)[C@H]1O[C@@H](n2cnc3c(N)nc(C#CCCO)nc32)[C@H](O)[C@@H]1O. The van der Waals surface area contributed by atoms with Crippen molar-refractivity contribution in [1.82, 2.24) is 24.8 Å². The second kappa shape index (κ2) is 7.85. The predicted molar refractivity (Wildman–Crippen MR) is 92.9 cm³/mol. The molecule has 0 aliphatic carbocycles. The third-order valence-electron chi connectivity index (χ3n) is 4.01. The number of nitrogens with zero attached hydrogens (tertiary/aromatic N) is 4. The molecule has 2 aromatic heterocycles. The summed E-state index contributed by atoms with van der Waals surface area (Å²) < 4.78 is 6.94. The first-order valence-corrected chi connectivity index (χ1v) is 8.37. The van der Waals surface area contributed by atoms with Gasteiger partial charge in [-0.05, 0) is 12.8 Å². The average molecular weight is 376 g/mol. The van der Waals surface area contributed by atoms with E-state index in [-0.39, 0.29) is 35.8 Å². The van der Waals surface area contributed by atoms with E-state index in [2.05, 4.69) is 32.1 Å². The number of nitrogens with two attached hydrogens (primary N) is 1.